The van der Waals surface area contributed by atoms with Crippen LogP contribution in [0, 0.1) is 0 Å². The van der Waals surface area contributed by atoms with Crippen molar-refractivity contribution in [2.45, 2.75) is 12.5 Å². The number of amides is 1. The number of para-hydroxylation sites is 1. The van der Waals surface area contributed by atoms with Crippen molar-refractivity contribution in [3.63, 3.8) is 0 Å². The summed E-state index contributed by atoms with van der Waals surface area (Å²) < 4.78 is 11.2. The summed E-state index contributed by atoms with van der Waals surface area (Å²) in [6, 6.07) is 23.0. The second kappa shape index (κ2) is 6.85. The quantitative estimate of drug-likeness (QED) is 0.565. The molecule has 1 amide bonds. The minimum atomic E-state index is -0.121. The number of nitrogens with one attached hydrogen (secondary N) is 1. The molecule has 2 heterocycles. The Morgan fingerprint density at radius 2 is 1.82 bits per heavy atom. The van der Waals surface area contributed by atoms with Crippen LogP contribution in [0.5, 0.6) is 5.75 Å². The molecule has 0 saturated heterocycles. The van der Waals surface area contributed by atoms with Crippen LogP contribution in [0.25, 0.3) is 22.2 Å². The highest BCUT2D eigenvalue weighted by Gasteiger charge is 2.23. The Morgan fingerprint density at radius 3 is 2.71 bits per heavy atom. The molecule has 1 atom stereocenters. The average molecular weight is 370 g/mol. The van der Waals surface area contributed by atoms with Gasteiger partial charge in [-0.15, -0.1) is 0 Å². The van der Waals surface area contributed by atoms with Crippen LogP contribution in [-0.4, -0.2) is 17.7 Å². The van der Waals surface area contributed by atoms with E-state index in [1.54, 1.807) is 6.07 Å². The third-order valence-corrected chi connectivity index (χ3v) is 5.04. The van der Waals surface area contributed by atoms with Crippen LogP contribution in [0.1, 0.15) is 28.4 Å². The highest BCUT2D eigenvalue weighted by atomic mass is 16.5. The van der Waals surface area contributed by atoms with E-state index in [1.165, 1.54) is 0 Å². The Morgan fingerprint density at radius 1 is 1.00 bits per heavy atom. The molecule has 0 saturated carbocycles. The summed E-state index contributed by atoms with van der Waals surface area (Å²) >= 11 is 0. The number of ether oxygens (including phenoxy) is 1. The first-order valence-electron chi connectivity index (χ1n) is 9.27. The van der Waals surface area contributed by atoms with Gasteiger partial charge in [0, 0.05) is 23.1 Å². The van der Waals surface area contributed by atoms with Crippen LogP contribution in [0.2, 0.25) is 0 Å². The van der Waals surface area contributed by atoms with E-state index < -0.39 is 0 Å². The van der Waals surface area contributed by atoms with Gasteiger partial charge < -0.3 is 14.6 Å². The molecule has 0 bridgehead atoms. The summed E-state index contributed by atoms with van der Waals surface area (Å²) in [7, 11) is 0. The van der Waals surface area contributed by atoms with Gasteiger partial charge in [-0.2, -0.15) is 0 Å². The normalized spacial score (nSPS) is 15.6. The molecular weight excluding hydrogens is 352 g/mol. The van der Waals surface area contributed by atoms with Crippen molar-refractivity contribution in [3.8, 4) is 17.1 Å². The van der Waals surface area contributed by atoms with Gasteiger partial charge in [0.15, 0.2) is 5.76 Å². The maximum absolute atomic E-state index is 12.9. The minimum Gasteiger partial charge on any atom is -0.493 e. The molecule has 0 fully saturated rings. The second-order valence-electron chi connectivity index (χ2n) is 6.81. The zero-order chi connectivity index (χ0) is 18.9. The van der Waals surface area contributed by atoms with E-state index in [2.05, 4.69) is 10.5 Å². The average Bonchev–Trinajstić information content (AvgIpc) is 3.18. The highest BCUT2D eigenvalue weighted by molar-refractivity contribution is 6.01. The van der Waals surface area contributed by atoms with Crippen LogP contribution in [0.3, 0.4) is 0 Å². The van der Waals surface area contributed by atoms with Crippen LogP contribution < -0.4 is 10.1 Å². The lowest BCUT2D eigenvalue weighted by Crippen LogP contribution is -2.32. The van der Waals surface area contributed by atoms with Crippen molar-refractivity contribution in [2.24, 2.45) is 0 Å². The first-order chi connectivity index (χ1) is 13.8. The summed E-state index contributed by atoms with van der Waals surface area (Å²) in [5, 5.41) is 8.08. The van der Waals surface area contributed by atoms with Crippen LogP contribution >= 0.6 is 0 Å². The molecule has 5 heteroatoms. The Kier molecular flexibility index (Phi) is 4.05. The van der Waals surface area contributed by atoms with Crippen molar-refractivity contribution < 1.29 is 14.1 Å². The van der Waals surface area contributed by atoms with Gasteiger partial charge in [-0.3, -0.25) is 4.79 Å². The number of rotatable bonds is 3. The predicted octanol–water partition coefficient (Wildman–Crippen LogP) is 4.75. The molecule has 4 aromatic rings. The molecule has 138 valence electrons. The maximum atomic E-state index is 12.9. The van der Waals surface area contributed by atoms with Crippen LogP contribution in [0.15, 0.2) is 77.3 Å². The lowest BCUT2D eigenvalue weighted by atomic mass is 10.00. The standard InChI is InChI=1S/C23H18N2O3/c26-23(24-19-12-13-27-21-9-5-4-8-17(19)21)16-10-11-20-18(14-16)22(28-25-20)15-6-2-1-3-7-15/h1-11,14,19H,12-13H2,(H,24,26). The van der Waals surface area contributed by atoms with E-state index >= 15 is 0 Å². The van der Waals surface area contributed by atoms with Gasteiger partial charge in [-0.1, -0.05) is 53.7 Å². The number of hydrogen-bond acceptors (Lipinski definition) is 4. The zero-order valence-electron chi connectivity index (χ0n) is 15.1. The van der Waals surface area contributed by atoms with Gasteiger partial charge in [-0.05, 0) is 24.3 Å². The Labute approximate surface area is 161 Å². The monoisotopic (exact) mass is 370 g/mol. The molecule has 1 aromatic heterocycles. The van der Waals surface area contributed by atoms with E-state index in [1.807, 2.05) is 66.7 Å². The summed E-state index contributed by atoms with van der Waals surface area (Å²) in [5.41, 5.74) is 3.25. The lowest BCUT2D eigenvalue weighted by Gasteiger charge is -2.26. The SMILES string of the molecule is O=C(NC1CCOc2ccccc21)c1ccc2noc(-c3ccccc3)c2c1. The Bertz CT molecular complexity index is 1150. The van der Waals surface area contributed by atoms with E-state index in [4.69, 9.17) is 9.26 Å². The third-order valence-electron chi connectivity index (χ3n) is 5.04. The predicted molar refractivity (Wildman–Crippen MR) is 106 cm³/mol. The van der Waals surface area contributed by atoms with Gasteiger partial charge in [0.25, 0.3) is 5.91 Å². The van der Waals surface area contributed by atoms with Crippen molar-refractivity contribution >= 4 is 16.8 Å². The molecule has 1 unspecified atom stereocenters. The lowest BCUT2D eigenvalue weighted by molar-refractivity contribution is 0.0925. The fourth-order valence-corrected chi connectivity index (χ4v) is 3.61. The van der Waals surface area contributed by atoms with Crippen molar-refractivity contribution in [3.05, 3.63) is 83.9 Å². The third kappa shape index (κ3) is 2.91. The number of fused-ring (bicyclic) bond motifs is 2. The number of benzene rings is 3. The smallest absolute Gasteiger partial charge is 0.251 e. The summed E-state index contributed by atoms with van der Waals surface area (Å²) in [5.74, 6) is 1.38. The summed E-state index contributed by atoms with van der Waals surface area (Å²) in [6.45, 7) is 0.588. The zero-order valence-corrected chi connectivity index (χ0v) is 15.1. The summed E-state index contributed by atoms with van der Waals surface area (Å²) in [4.78, 5) is 12.9. The number of carbonyl (C=O) groups is 1. The minimum absolute atomic E-state index is 0.0655. The number of nitrogens with zero attached hydrogens (tertiary/aromatic N) is 1. The van der Waals surface area contributed by atoms with Crippen LogP contribution in [0.4, 0.5) is 0 Å². The molecule has 28 heavy (non-hydrogen) atoms. The molecule has 1 aliphatic heterocycles. The summed E-state index contributed by atoms with van der Waals surface area (Å²) in [6.07, 6.45) is 0.744. The molecule has 0 spiro atoms. The van der Waals surface area contributed by atoms with E-state index in [0.717, 1.165) is 34.2 Å². The first-order valence-corrected chi connectivity index (χ1v) is 9.27. The van der Waals surface area contributed by atoms with Crippen molar-refractivity contribution in [2.75, 3.05) is 6.61 Å². The van der Waals surface area contributed by atoms with Crippen molar-refractivity contribution in [1.82, 2.24) is 10.5 Å². The number of hydrogen-bond donors (Lipinski definition) is 1. The molecule has 3 aromatic carbocycles. The number of aromatic nitrogens is 1. The molecule has 0 radical (unpaired) electrons. The Balaban J connectivity index is 1.46. The molecular formula is C23H18N2O3. The van der Waals surface area contributed by atoms with Gasteiger partial charge in [0.05, 0.1) is 18.0 Å². The van der Waals surface area contributed by atoms with E-state index in [-0.39, 0.29) is 11.9 Å². The largest absolute Gasteiger partial charge is 0.493 e. The molecule has 1 aliphatic rings. The van der Waals surface area contributed by atoms with Crippen LogP contribution in [-0.2, 0) is 0 Å². The molecule has 5 rings (SSSR count). The topological polar surface area (TPSA) is 64.4 Å². The number of carbonyl (C=O) groups excluding carboxylic acids is 1. The Hall–Kier alpha value is -3.60. The molecule has 1 N–H and O–H groups in total. The fourth-order valence-electron chi connectivity index (χ4n) is 3.61. The molecule has 0 aliphatic carbocycles. The van der Waals surface area contributed by atoms with Crippen molar-refractivity contribution in [1.29, 1.82) is 0 Å². The van der Waals surface area contributed by atoms with Gasteiger partial charge in [-0.25, -0.2) is 0 Å². The highest BCUT2D eigenvalue weighted by Crippen LogP contribution is 2.32. The maximum Gasteiger partial charge on any atom is 0.251 e. The fraction of sp³-hybridized carbons (Fsp3) is 0.130. The van der Waals surface area contributed by atoms with Gasteiger partial charge in [0.2, 0.25) is 0 Å². The first kappa shape index (κ1) is 16.6. The second-order valence-corrected chi connectivity index (χ2v) is 6.81. The van der Waals surface area contributed by atoms with E-state index in [9.17, 15) is 4.79 Å². The van der Waals surface area contributed by atoms with Gasteiger partial charge >= 0.3 is 0 Å². The van der Waals surface area contributed by atoms with Gasteiger partial charge in [0.1, 0.15) is 11.3 Å². The van der Waals surface area contributed by atoms with E-state index in [0.29, 0.717) is 17.9 Å². The molecule has 5 nitrogen and oxygen atoms in total.